The van der Waals surface area contributed by atoms with E-state index in [0.29, 0.717) is 6.04 Å². The van der Waals surface area contributed by atoms with Crippen LogP contribution < -0.4 is 5.32 Å². The van der Waals surface area contributed by atoms with Gasteiger partial charge in [0.15, 0.2) is 0 Å². The van der Waals surface area contributed by atoms with Crippen LogP contribution in [0.5, 0.6) is 0 Å². The molecule has 0 bridgehead atoms. The van der Waals surface area contributed by atoms with E-state index in [1.165, 1.54) is 5.56 Å². The van der Waals surface area contributed by atoms with E-state index >= 15 is 0 Å². The molecule has 1 aromatic rings. The highest BCUT2D eigenvalue weighted by atomic mass is 79.9. The van der Waals surface area contributed by atoms with Gasteiger partial charge < -0.3 is 10.2 Å². The van der Waals surface area contributed by atoms with Crippen molar-refractivity contribution >= 4 is 27.5 Å². The van der Waals surface area contributed by atoms with Crippen LogP contribution in [-0.2, 0) is 6.54 Å². The van der Waals surface area contributed by atoms with Gasteiger partial charge in [0.1, 0.15) is 0 Å². The standard InChI is InChI=1S/C13H20BrClN2/c1-10(2)16-6-7-17(3)9-11-4-5-12(14)13(15)8-11/h4-5,8,10,16H,6-7,9H2,1-3H3. The first-order valence-corrected chi connectivity index (χ1v) is 7.02. The fourth-order valence-electron chi connectivity index (χ4n) is 1.57. The van der Waals surface area contributed by atoms with Crippen molar-refractivity contribution in [1.29, 1.82) is 0 Å². The second-order valence-electron chi connectivity index (χ2n) is 4.60. The molecule has 1 aromatic carbocycles. The molecule has 0 aliphatic carbocycles. The molecule has 4 heteroatoms. The summed E-state index contributed by atoms with van der Waals surface area (Å²) in [6.45, 7) is 7.29. The summed E-state index contributed by atoms with van der Waals surface area (Å²) in [5, 5.41) is 4.18. The van der Waals surface area contributed by atoms with Crippen LogP contribution in [0.3, 0.4) is 0 Å². The van der Waals surface area contributed by atoms with Gasteiger partial charge in [-0.15, -0.1) is 0 Å². The van der Waals surface area contributed by atoms with E-state index in [2.05, 4.69) is 53.1 Å². The molecular formula is C13H20BrClN2. The van der Waals surface area contributed by atoms with Crippen LogP contribution in [0.25, 0.3) is 0 Å². The van der Waals surface area contributed by atoms with E-state index in [9.17, 15) is 0 Å². The molecular weight excluding hydrogens is 300 g/mol. The zero-order valence-electron chi connectivity index (χ0n) is 10.6. The van der Waals surface area contributed by atoms with Crippen LogP contribution in [0.2, 0.25) is 5.02 Å². The van der Waals surface area contributed by atoms with Gasteiger partial charge in [0.2, 0.25) is 0 Å². The average Bonchev–Trinajstić information content (AvgIpc) is 2.23. The lowest BCUT2D eigenvalue weighted by Gasteiger charge is -2.18. The Morgan fingerprint density at radius 2 is 2.12 bits per heavy atom. The molecule has 0 spiro atoms. The fourth-order valence-corrected chi connectivity index (χ4v) is 2.02. The third-order valence-corrected chi connectivity index (χ3v) is 3.72. The molecule has 0 saturated heterocycles. The summed E-state index contributed by atoms with van der Waals surface area (Å²) in [6, 6.07) is 6.66. The SMILES string of the molecule is CC(C)NCCN(C)Cc1ccc(Br)c(Cl)c1. The Hall–Kier alpha value is -0.0900. The normalized spacial score (nSPS) is 11.5. The van der Waals surface area contributed by atoms with Gasteiger partial charge in [-0.2, -0.15) is 0 Å². The Morgan fingerprint density at radius 3 is 2.71 bits per heavy atom. The maximum absolute atomic E-state index is 6.07. The summed E-state index contributed by atoms with van der Waals surface area (Å²) in [7, 11) is 2.12. The molecule has 0 unspecified atom stereocenters. The van der Waals surface area contributed by atoms with Gasteiger partial charge in [0.25, 0.3) is 0 Å². The van der Waals surface area contributed by atoms with Gasteiger partial charge in [-0.25, -0.2) is 0 Å². The minimum absolute atomic E-state index is 0.547. The number of halogens is 2. The number of nitrogens with zero attached hydrogens (tertiary/aromatic N) is 1. The van der Waals surface area contributed by atoms with Crippen molar-refractivity contribution < 1.29 is 0 Å². The van der Waals surface area contributed by atoms with Crippen molar-refractivity contribution in [2.45, 2.75) is 26.4 Å². The van der Waals surface area contributed by atoms with E-state index < -0.39 is 0 Å². The number of hydrogen-bond acceptors (Lipinski definition) is 2. The summed E-state index contributed by atoms with van der Waals surface area (Å²) < 4.78 is 0.951. The van der Waals surface area contributed by atoms with Crippen molar-refractivity contribution in [3.8, 4) is 0 Å². The summed E-state index contributed by atoms with van der Waals surface area (Å²) in [5.41, 5.74) is 1.24. The summed E-state index contributed by atoms with van der Waals surface area (Å²) in [6.07, 6.45) is 0. The maximum atomic E-state index is 6.07. The van der Waals surface area contributed by atoms with Crippen molar-refractivity contribution in [2.75, 3.05) is 20.1 Å². The molecule has 96 valence electrons. The molecule has 0 aliphatic rings. The second-order valence-corrected chi connectivity index (χ2v) is 5.86. The molecule has 0 saturated carbocycles. The number of likely N-dealkylation sites (N-methyl/N-ethyl adjacent to an activating group) is 1. The Balaban J connectivity index is 2.39. The largest absolute Gasteiger partial charge is 0.313 e. The minimum atomic E-state index is 0.547. The molecule has 0 aromatic heterocycles. The Bertz CT molecular complexity index is 355. The van der Waals surface area contributed by atoms with E-state index in [1.54, 1.807) is 0 Å². The molecule has 1 rings (SSSR count). The van der Waals surface area contributed by atoms with E-state index in [0.717, 1.165) is 29.1 Å². The summed E-state index contributed by atoms with van der Waals surface area (Å²) in [5.74, 6) is 0. The number of hydrogen-bond donors (Lipinski definition) is 1. The van der Waals surface area contributed by atoms with Crippen LogP contribution >= 0.6 is 27.5 Å². The zero-order valence-corrected chi connectivity index (χ0v) is 13.0. The lowest BCUT2D eigenvalue weighted by molar-refractivity contribution is 0.320. The molecule has 0 fully saturated rings. The van der Waals surface area contributed by atoms with Gasteiger partial charge in [0, 0.05) is 30.1 Å². The van der Waals surface area contributed by atoms with Crippen LogP contribution in [0, 0.1) is 0 Å². The van der Waals surface area contributed by atoms with Crippen molar-refractivity contribution in [3.05, 3.63) is 33.3 Å². The quantitative estimate of drug-likeness (QED) is 0.863. The topological polar surface area (TPSA) is 15.3 Å². The van der Waals surface area contributed by atoms with Gasteiger partial charge >= 0.3 is 0 Å². The predicted molar refractivity (Wildman–Crippen MR) is 78.6 cm³/mol. The Labute approximate surface area is 117 Å². The average molecular weight is 320 g/mol. The van der Waals surface area contributed by atoms with Crippen LogP contribution in [0.15, 0.2) is 22.7 Å². The zero-order chi connectivity index (χ0) is 12.8. The van der Waals surface area contributed by atoms with Gasteiger partial charge in [0.05, 0.1) is 5.02 Å². The second kappa shape index (κ2) is 7.37. The van der Waals surface area contributed by atoms with Crippen molar-refractivity contribution in [3.63, 3.8) is 0 Å². The third-order valence-electron chi connectivity index (χ3n) is 2.48. The number of nitrogens with one attached hydrogen (secondary N) is 1. The van der Waals surface area contributed by atoms with Crippen molar-refractivity contribution in [2.24, 2.45) is 0 Å². The first kappa shape index (κ1) is 15.0. The van der Waals surface area contributed by atoms with E-state index in [4.69, 9.17) is 11.6 Å². The first-order valence-electron chi connectivity index (χ1n) is 5.85. The predicted octanol–water partition coefficient (Wildman–Crippen LogP) is 3.53. The molecule has 0 aliphatic heterocycles. The number of benzene rings is 1. The first-order chi connectivity index (χ1) is 7.99. The maximum Gasteiger partial charge on any atom is 0.0551 e. The molecule has 1 N–H and O–H groups in total. The highest BCUT2D eigenvalue weighted by molar-refractivity contribution is 9.10. The highest BCUT2D eigenvalue weighted by Crippen LogP contribution is 2.23. The van der Waals surface area contributed by atoms with Gasteiger partial charge in [-0.05, 0) is 40.7 Å². The molecule has 0 radical (unpaired) electrons. The highest BCUT2D eigenvalue weighted by Gasteiger charge is 2.03. The van der Waals surface area contributed by atoms with Crippen LogP contribution in [-0.4, -0.2) is 31.1 Å². The molecule has 0 amide bonds. The Morgan fingerprint density at radius 1 is 1.41 bits per heavy atom. The van der Waals surface area contributed by atoms with Crippen LogP contribution in [0.1, 0.15) is 19.4 Å². The third kappa shape index (κ3) is 5.87. The minimum Gasteiger partial charge on any atom is -0.313 e. The summed E-state index contributed by atoms with van der Waals surface area (Å²) >= 11 is 9.46. The van der Waals surface area contributed by atoms with Crippen LogP contribution in [0.4, 0.5) is 0 Å². The number of rotatable bonds is 6. The van der Waals surface area contributed by atoms with Crippen molar-refractivity contribution in [1.82, 2.24) is 10.2 Å². The lowest BCUT2D eigenvalue weighted by Crippen LogP contribution is -2.32. The lowest BCUT2D eigenvalue weighted by atomic mass is 10.2. The monoisotopic (exact) mass is 318 g/mol. The van der Waals surface area contributed by atoms with Gasteiger partial charge in [-0.3, -0.25) is 0 Å². The smallest absolute Gasteiger partial charge is 0.0551 e. The molecule has 2 nitrogen and oxygen atoms in total. The molecule has 0 atom stereocenters. The molecule has 0 heterocycles. The summed E-state index contributed by atoms with van der Waals surface area (Å²) in [4.78, 5) is 2.29. The molecule has 17 heavy (non-hydrogen) atoms. The van der Waals surface area contributed by atoms with E-state index in [-0.39, 0.29) is 0 Å². The Kier molecular flexibility index (Phi) is 6.49. The van der Waals surface area contributed by atoms with Gasteiger partial charge in [-0.1, -0.05) is 31.5 Å². The fraction of sp³-hybridized carbons (Fsp3) is 0.538. The van der Waals surface area contributed by atoms with E-state index in [1.807, 2.05) is 12.1 Å².